The van der Waals surface area contributed by atoms with Gasteiger partial charge in [-0.25, -0.2) is 4.98 Å². The fourth-order valence-electron chi connectivity index (χ4n) is 5.76. The van der Waals surface area contributed by atoms with Crippen molar-refractivity contribution in [2.75, 3.05) is 0 Å². The van der Waals surface area contributed by atoms with Gasteiger partial charge in [0.25, 0.3) is 5.82 Å². The summed E-state index contributed by atoms with van der Waals surface area (Å²) >= 11 is 0. The Kier molecular flexibility index (Phi) is 9.55. The molecule has 0 spiro atoms. The van der Waals surface area contributed by atoms with Crippen LogP contribution in [0.5, 0.6) is 0 Å². The Labute approximate surface area is 218 Å². The van der Waals surface area contributed by atoms with Crippen molar-refractivity contribution in [2.24, 2.45) is 0 Å². The third kappa shape index (κ3) is 6.55. The van der Waals surface area contributed by atoms with Gasteiger partial charge in [0, 0.05) is 5.41 Å². The van der Waals surface area contributed by atoms with Crippen molar-refractivity contribution in [3.63, 3.8) is 0 Å². The third-order valence-corrected chi connectivity index (χ3v) is 7.79. The molecule has 0 fully saturated rings. The van der Waals surface area contributed by atoms with Crippen LogP contribution in [0.2, 0.25) is 0 Å². The van der Waals surface area contributed by atoms with E-state index in [1.54, 1.807) is 0 Å². The molecule has 0 saturated heterocycles. The topological polar surface area (TPSA) is 19.7 Å². The monoisotopic (exact) mass is 479 g/mol. The van der Waals surface area contributed by atoms with Crippen molar-refractivity contribution in [3.05, 3.63) is 120 Å². The van der Waals surface area contributed by atoms with E-state index in [-0.39, 0.29) is 5.41 Å². The van der Waals surface area contributed by atoms with Crippen molar-refractivity contribution in [1.82, 2.24) is 4.98 Å². The molecular formula is C34H43N2+. The number of rotatable bonds is 14. The Hall–Kier alpha value is -3.13. The molecule has 0 saturated carbocycles. The first-order chi connectivity index (χ1) is 17.7. The average Bonchev–Trinajstić information content (AvgIpc) is 3.41. The van der Waals surface area contributed by atoms with Gasteiger partial charge in [-0.05, 0) is 36.1 Å². The molecule has 4 aromatic rings. The summed E-state index contributed by atoms with van der Waals surface area (Å²) in [4.78, 5) is 3.70. The van der Waals surface area contributed by atoms with Gasteiger partial charge in [-0.15, -0.1) is 0 Å². The van der Waals surface area contributed by atoms with E-state index in [0.29, 0.717) is 5.92 Å². The Morgan fingerprint density at radius 3 is 1.97 bits per heavy atom. The van der Waals surface area contributed by atoms with E-state index in [0.717, 1.165) is 6.42 Å². The zero-order chi connectivity index (χ0) is 25.1. The molecule has 2 unspecified atom stereocenters. The highest BCUT2D eigenvalue weighted by atomic mass is 15.1. The van der Waals surface area contributed by atoms with Crippen molar-refractivity contribution < 1.29 is 4.57 Å². The number of imidazole rings is 1. The van der Waals surface area contributed by atoms with Crippen molar-refractivity contribution >= 4 is 0 Å². The minimum absolute atomic E-state index is 0.0494. The van der Waals surface area contributed by atoms with Gasteiger partial charge in [0.1, 0.15) is 18.1 Å². The molecule has 1 N–H and O–H groups in total. The summed E-state index contributed by atoms with van der Waals surface area (Å²) in [5, 5.41) is 0. The summed E-state index contributed by atoms with van der Waals surface area (Å²) in [6, 6.07) is 33.0. The number of H-pyrrole nitrogens is 1. The van der Waals surface area contributed by atoms with E-state index in [1.807, 2.05) is 0 Å². The van der Waals surface area contributed by atoms with Gasteiger partial charge in [0.2, 0.25) is 0 Å². The molecule has 2 heteroatoms. The highest BCUT2D eigenvalue weighted by Gasteiger charge is 2.42. The second-order valence-corrected chi connectivity index (χ2v) is 10.5. The molecule has 0 amide bonds. The van der Waals surface area contributed by atoms with Gasteiger partial charge in [-0.1, -0.05) is 138 Å². The molecule has 0 aliphatic heterocycles. The lowest BCUT2D eigenvalue weighted by atomic mass is 9.66. The maximum Gasteiger partial charge on any atom is 0.263 e. The molecule has 2 nitrogen and oxygen atoms in total. The van der Waals surface area contributed by atoms with Crippen LogP contribution in [-0.2, 0) is 11.8 Å². The van der Waals surface area contributed by atoms with Crippen LogP contribution >= 0.6 is 0 Å². The quantitative estimate of drug-likeness (QED) is 0.138. The van der Waals surface area contributed by atoms with Crippen molar-refractivity contribution in [3.8, 4) is 5.69 Å². The molecule has 0 radical (unpaired) electrons. The van der Waals surface area contributed by atoms with Crippen LogP contribution < -0.4 is 4.57 Å². The van der Waals surface area contributed by atoms with Gasteiger partial charge in [-0.2, -0.15) is 4.57 Å². The highest BCUT2D eigenvalue weighted by molar-refractivity contribution is 5.33. The van der Waals surface area contributed by atoms with E-state index in [4.69, 9.17) is 0 Å². The first-order valence-electron chi connectivity index (χ1n) is 14.0. The molecule has 4 rings (SSSR count). The van der Waals surface area contributed by atoms with Gasteiger partial charge >= 0.3 is 0 Å². The number of para-hydroxylation sites is 1. The number of aromatic nitrogens is 2. The fraction of sp³-hybridized carbons (Fsp3) is 0.382. The Bertz CT molecular complexity index is 1130. The standard InChI is InChI=1S/C34H42N2/c1-3-4-5-6-7-8-18-25-32(33-35-26-27-36(33)31-23-16-11-17-24-31)34(2,30-21-14-10-15-22-30)28-29-19-12-9-13-20-29/h9-17,19-24,26-27,32H,3-8,18,25,28H2,1-2H3/p+1. The number of nitrogens with zero attached hydrogens (tertiary/aromatic N) is 1. The molecule has 36 heavy (non-hydrogen) atoms. The van der Waals surface area contributed by atoms with Crippen LogP contribution in [0.1, 0.15) is 88.1 Å². The molecule has 0 aliphatic carbocycles. The van der Waals surface area contributed by atoms with Crippen LogP contribution in [-0.4, -0.2) is 4.98 Å². The molecule has 1 aromatic heterocycles. The van der Waals surface area contributed by atoms with E-state index in [2.05, 4.69) is 127 Å². The number of nitrogens with one attached hydrogen (secondary N) is 1. The largest absolute Gasteiger partial charge is 0.263 e. The molecule has 0 aliphatic rings. The lowest BCUT2D eigenvalue weighted by Crippen LogP contribution is -2.42. The number of hydrogen-bond acceptors (Lipinski definition) is 0. The fourth-order valence-corrected chi connectivity index (χ4v) is 5.76. The zero-order valence-electron chi connectivity index (χ0n) is 22.2. The SMILES string of the molecule is CCCCCCCCCC(c1[nH]cc[n+]1-c1ccccc1)C(C)(Cc1ccccc1)c1ccccc1. The van der Waals surface area contributed by atoms with Crippen molar-refractivity contribution in [1.29, 1.82) is 0 Å². The van der Waals surface area contributed by atoms with Crippen LogP contribution in [0, 0.1) is 0 Å². The second kappa shape index (κ2) is 13.3. The molecule has 0 bridgehead atoms. The Morgan fingerprint density at radius 1 is 0.722 bits per heavy atom. The minimum atomic E-state index is -0.0494. The summed E-state index contributed by atoms with van der Waals surface area (Å²) in [6.07, 6.45) is 15.8. The average molecular weight is 480 g/mol. The van der Waals surface area contributed by atoms with Crippen LogP contribution in [0.3, 0.4) is 0 Å². The maximum atomic E-state index is 3.70. The summed E-state index contributed by atoms with van der Waals surface area (Å²) in [5.41, 5.74) is 3.97. The van der Waals surface area contributed by atoms with E-state index in [9.17, 15) is 0 Å². The highest BCUT2D eigenvalue weighted by Crippen LogP contribution is 2.43. The first kappa shape index (κ1) is 25.9. The molecule has 3 aromatic carbocycles. The number of hydrogen-bond donors (Lipinski definition) is 1. The minimum Gasteiger partial charge on any atom is -0.247 e. The predicted molar refractivity (Wildman–Crippen MR) is 152 cm³/mol. The number of unbranched alkanes of at least 4 members (excludes halogenated alkanes) is 6. The van der Waals surface area contributed by atoms with Gasteiger partial charge in [-0.3, -0.25) is 0 Å². The first-order valence-corrected chi connectivity index (χ1v) is 14.0. The predicted octanol–water partition coefficient (Wildman–Crippen LogP) is 8.72. The molecule has 1 heterocycles. The zero-order valence-corrected chi connectivity index (χ0v) is 22.2. The summed E-state index contributed by atoms with van der Waals surface area (Å²) in [6.45, 7) is 4.78. The van der Waals surface area contributed by atoms with Gasteiger partial charge in [0.15, 0.2) is 0 Å². The number of aromatic amines is 1. The van der Waals surface area contributed by atoms with E-state index in [1.165, 1.54) is 74.0 Å². The van der Waals surface area contributed by atoms with E-state index < -0.39 is 0 Å². The maximum absolute atomic E-state index is 3.70. The Morgan fingerprint density at radius 2 is 1.31 bits per heavy atom. The second-order valence-electron chi connectivity index (χ2n) is 10.5. The van der Waals surface area contributed by atoms with Crippen molar-refractivity contribution in [2.45, 2.75) is 83.0 Å². The summed E-state index contributed by atoms with van der Waals surface area (Å²) < 4.78 is 2.37. The summed E-state index contributed by atoms with van der Waals surface area (Å²) in [7, 11) is 0. The Balaban J connectivity index is 1.69. The molecular weight excluding hydrogens is 436 g/mol. The van der Waals surface area contributed by atoms with Gasteiger partial charge < -0.3 is 0 Å². The lowest BCUT2D eigenvalue weighted by molar-refractivity contribution is -0.605. The van der Waals surface area contributed by atoms with E-state index >= 15 is 0 Å². The van der Waals surface area contributed by atoms with Gasteiger partial charge in [0.05, 0.1) is 5.92 Å². The molecule has 2 atom stereocenters. The van der Waals surface area contributed by atoms with Crippen LogP contribution in [0.15, 0.2) is 103 Å². The van der Waals surface area contributed by atoms with Crippen LogP contribution in [0.25, 0.3) is 5.69 Å². The smallest absolute Gasteiger partial charge is 0.247 e. The lowest BCUT2D eigenvalue weighted by Gasteiger charge is -2.37. The molecule has 188 valence electrons. The summed E-state index contributed by atoms with van der Waals surface area (Å²) in [5.74, 6) is 1.65. The third-order valence-electron chi connectivity index (χ3n) is 7.79. The number of benzene rings is 3. The van der Waals surface area contributed by atoms with Crippen LogP contribution in [0.4, 0.5) is 0 Å². The normalized spacial score (nSPS) is 13.8.